The molecule has 12 nitrogen and oxygen atoms in total. The number of hydrogen-bond acceptors (Lipinski definition) is 8. The molecular formula is C20H29N5O7S. The van der Waals surface area contributed by atoms with Crippen LogP contribution >= 0.6 is 11.8 Å². The van der Waals surface area contributed by atoms with Crippen molar-refractivity contribution in [1.29, 1.82) is 0 Å². The number of thioether (sulfide) groups is 1. The van der Waals surface area contributed by atoms with E-state index < -0.39 is 54.1 Å². The normalized spacial score (nSPS) is 13.3. The van der Waals surface area contributed by atoms with Gasteiger partial charge in [-0.2, -0.15) is 11.8 Å². The van der Waals surface area contributed by atoms with Gasteiger partial charge in [0.15, 0.2) is 0 Å². The van der Waals surface area contributed by atoms with Gasteiger partial charge < -0.3 is 37.6 Å². The zero-order chi connectivity index (χ0) is 25.0. The summed E-state index contributed by atoms with van der Waals surface area (Å²) < 4.78 is 0. The molecule has 0 aromatic heterocycles. The Morgan fingerprint density at radius 3 is 2.06 bits per heavy atom. The number of amides is 4. The van der Waals surface area contributed by atoms with Gasteiger partial charge in [-0.1, -0.05) is 12.1 Å². The Labute approximate surface area is 194 Å². The molecule has 0 fully saturated rings. The lowest BCUT2D eigenvalue weighted by atomic mass is 10.0. The molecule has 0 aliphatic carbocycles. The summed E-state index contributed by atoms with van der Waals surface area (Å²) in [4.78, 5) is 60.2. The van der Waals surface area contributed by atoms with E-state index in [1.54, 1.807) is 18.4 Å². The quantitative estimate of drug-likeness (QED) is 0.156. The van der Waals surface area contributed by atoms with Crippen molar-refractivity contribution in [2.75, 3.05) is 18.6 Å². The van der Waals surface area contributed by atoms with Crippen LogP contribution in [0.25, 0.3) is 0 Å². The number of aliphatic carboxylic acids is 1. The number of primary amides is 1. The average Bonchev–Trinajstić information content (AvgIpc) is 2.76. The summed E-state index contributed by atoms with van der Waals surface area (Å²) in [6.45, 7) is -0.389. The number of phenolic OH excluding ortho intramolecular Hbond substituents is 1. The number of carboxylic acid groups (broad SMARTS) is 1. The fourth-order valence-corrected chi connectivity index (χ4v) is 3.25. The number of carboxylic acids is 1. The van der Waals surface area contributed by atoms with Crippen LogP contribution < -0.4 is 27.4 Å². The van der Waals surface area contributed by atoms with Crippen molar-refractivity contribution < 1.29 is 34.2 Å². The second kappa shape index (κ2) is 14.0. The highest BCUT2D eigenvalue weighted by molar-refractivity contribution is 7.98. The zero-order valence-electron chi connectivity index (χ0n) is 18.1. The largest absolute Gasteiger partial charge is 0.508 e. The van der Waals surface area contributed by atoms with Crippen molar-refractivity contribution in [3.63, 3.8) is 0 Å². The number of phenols is 1. The van der Waals surface area contributed by atoms with Gasteiger partial charge in [-0.15, -0.1) is 0 Å². The Kier molecular flexibility index (Phi) is 11.7. The first-order valence-electron chi connectivity index (χ1n) is 9.95. The van der Waals surface area contributed by atoms with E-state index in [0.29, 0.717) is 11.3 Å². The molecule has 9 N–H and O–H groups in total. The molecule has 0 saturated heterocycles. The first kappa shape index (κ1) is 27.7. The number of aromatic hydroxyl groups is 1. The van der Waals surface area contributed by atoms with E-state index in [0.717, 1.165) is 0 Å². The maximum atomic E-state index is 12.9. The van der Waals surface area contributed by atoms with E-state index in [2.05, 4.69) is 16.0 Å². The van der Waals surface area contributed by atoms with Gasteiger partial charge in [-0.25, -0.2) is 4.79 Å². The van der Waals surface area contributed by atoms with Crippen molar-refractivity contribution in [3.8, 4) is 5.75 Å². The molecule has 0 bridgehead atoms. The first-order chi connectivity index (χ1) is 15.6. The van der Waals surface area contributed by atoms with Crippen LogP contribution in [0, 0.1) is 0 Å². The molecule has 3 unspecified atom stereocenters. The highest BCUT2D eigenvalue weighted by Gasteiger charge is 2.30. The molecule has 13 heteroatoms. The van der Waals surface area contributed by atoms with Crippen LogP contribution in [0.2, 0.25) is 0 Å². The molecule has 0 heterocycles. The molecule has 1 rings (SSSR count). The van der Waals surface area contributed by atoms with E-state index in [-0.39, 0.29) is 25.1 Å². The van der Waals surface area contributed by atoms with Gasteiger partial charge in [-0.05, 0) is 36.1 Å². The number of nitrogens with two attached hydrogens (primary N) is 2. The Hall–Kier alpha value is -3.32. The van der Waals surface area contributed by atoms with E-state index in [4.69, 9.17) is 11.5 Å². The molecule has 0 spiro atoms. The number of benzene rings is 1. The van der Waals surface area contributed by atoms with Crippen molar-refractivity contribution >= 4 is 41.4 Å². The Balaban J connectivity index is 3.02. The minimum Gasteiger partial charge on any atom is -0.508 e. The predicted octanol–water partition coefficient (Wildman–Crippen LogP) is -1.94. The smallest absolute Gasteiger partial charge is 0.326 e. The number of rotatable bonds is 14. The average molecular weight is 484 g/mol. The molecule has 0 aliphatic heterocycles. The van der Waals surface area contributed by atoms with Crippen molar-refractivity contribution in [2.45, 2.75) is 37.4 Å². The molecule has 182 valence electrons. The summed E-state index contributed by atoms with van der Waals surface area (Å²) in [5, 5.41) is 25.8. The topological polar surface area (TPSA) is 214 Å². The van der Waals surface area contributed by atoms with Gasteiger partial charge in [0.1, 0.15) is 23.9 Å². The summed E-state index contributed by atoms with van der Waals surface area (Å²) in [5.74, 6) is -4.02. The molecule has 1 aromatic carbocycles. The van der Waals surface area contributed by atoms with E-state index in [9.17, 15) is 34.2 Å². The lowest BCUT2D eigenvalue weighted by Gasteiger charge is -2.24. The van der Waals surface area contributed by atoms with Gasteiger partial charge >= 0.3 is 5.97 Å². The second-order valence-electron chi connectivity index (χ2n) is 7.11. The van der Waals surface area contributed by atoms with Crippen molar-refractivity contribution in [3.05, 3.63) is 29.8 Å². The SMILES string of the molecule is CSCCC(NC(=O)C(CC(N)=O)NC(=O)C(Cc1ccc(O)cc1)NC(=O)CN)C(=O)O. The van der Waals surface area contributed by atoms with Crippen LogP contribution in [-0.4, -0.2) is 76.5 Å². The Bertz CT molecular complexity index is 850. The number of hydrogen-bond donors (Lipinski definition) is 7. The lowest BCUT2D eigenvalue weighted by molar-refractivity contribution is -0.142. The Morgan fingerprint density at radius 2 is 1.55 bits per heavy atom. The number of carbonyl (C=O) groups is 5. The summed E-state index contributed by atoms with van der Waals surface area (Å²) >= 11 is 1.39. The summed E-state index contributed by atoms with van der Waals surface area (Å²) in [5.41, 5.74) is 11.1. The van der Waals surface area contributed by atoms with Gasteiger partial charge in [0.05, 0.1) is 13.0 Å². The van der Waals surface area contributed by atoms with Gasteiger partial charge in [0, 0.05) is 6.42 Å². The van der Waals surface area contributed by atoms with E-state index in [1.165, 1.54) is 23.9 Å². The third kappa shape index (κ3) is 10.2. The zero-order valence-corrected chi connectivity index (χ0v) is 18.9. The van der Waals surface area contributed by atoms with Crippen LogP contribution in [0.3, 0.4) is 0 Å². The van der Waals surface area contributed by atoms with Crippen LogP contribution in [0.5, 0.6) is 5.75 Å². The molecule has 0 radical (unpaired) electrons. The number of nitrogens with one attached hydrogen (secondary N) is 3. The van der Waals surface area contributed by atoms with Crippen LogP contribution in [-0.2, 0) is 30.4 Å². The molecule has 1 aromatic rings. The van der Waals surface area contributed by atoms with Gasteiger partial charge in [-0.3, -0.25) is 19.2 Å². The standard InChI is InChI=1S/C20H29N5O7S/c1-33-7-6-13(20(31)32)24-19(30)15(9-16(22)27)25-18(29)14(23-17(28)10-21)8-11-2-4-12(26)5-3-11/h2-5,13-15,26H,6-10,21H2,1H3,(H2,22,27)(H,23,28)(H,24,30)(H,25,29)(H,31,32). The predicted molar refractivity (Wildman–Crippen MR) is 121 cm³/mol. The van der Waals surface area contributed by atoms with Crippen LogP contribution in [0.1, 0.15) is 18.4 Å². The molecule has 4 amide bonds. The third-order valence-corrected chi connectivity index (χ3v) is 5.12. The van der Waals surface area contributed by atoms with Crippen LogP contribution in [0.4, 0.5) is 0 Å². The number of carbonyl (C=O) groups excluding carboxylic acids is 4. The van der Waals surface area contributed by atoms with Crippen LogP contribution in [0.15, 0.2) is 24.3 Å². The maximum Gasteiger partial charge on any atom is 0.326 e. The summed E-state index contributed by atoms with van der Waals surface area (Å²) in [7, 11) is 0. The second-order valence-corrected chi connectivity index (χ2v) is 8.09. The monoisotopic (exact) mass is 483 g/mol. The van der Waals surface area contributed by atoms with Gasteiger partial charge in [0.2, 0.25) is 23.6 Å². The molecule has 0 aliphatic rings. The molecule has 0 saturated carbocycles. The fourth-order valence-electron chi connectivity index (χ4n) is 2.78. The summed E-state index contributed by atoms with van der Waals surface area (Å²) in [6.07, 6.45) is 1.33. The minimum absolute atomic E-state index is 0.00572. The van der Waals surface area contributed by atoms with Gasteiger partial charge in [0.25, 0.3) is 0 Å². The van der Waals surface area contributed by atoms with E-state index >= 15 is 0 Å². The van der Waals surface area contributed by atoms with Crippen molar-refractivity contribution in [2.24, 2.45) is 11.5 Å². The maximum absolute atomic E-state index is 12.9. The van der Waals surface area contributed by atoms with E-state index in [1.807, 2.05) is 0 Å². The van der Waals surface area contributed by atoms with Crippen molar-refractivity contribution in [1.82, 2.24) is 16.0 Å². The summed E-state index contributed by atoms with van der Waals surface area (Å²) in [6, 6.07) is 2.05. The Morgan fingerprint density at radius 1 is 0.970 bits per heavy atom. The lowest BCUT2D eigenvalue weighted by Crippen LogP contribution is -2.57. The molecular weight excluding hydrogens is 454 g/mol. The third-order valence-electron chi connectivity index (χ3n) is 4.48. The molecule has 33 heavy (non-hydrogen) atoms. The highest BCUT2D eigenvalue weighted by atomic mass is 32.2. The molecule has 3 atom stereocenters. The highest BCUT2D eigenvalue weighted by Crippen LogP contribution is 2.12. The fraction of sp³-hybridized carbons (Fsp3) is 0.450. The minimum atomic E-state index is -1.46. The first-order valence-corrected chi connectivity index (χ1v) is 11.3.